The Morgan fingerprint density at radius 3 is 2.42 bits per heavy atom. The molecular weight excluding hydrogens is 305 g/mol. The molecular formula is C20H16FNO2. The molecule has 0 bridgehead atoms. The number of ether oxygens (including phenoxy) is 1. The van der Waals surface area contributed by atoms with Crippen LogP contribution in [0.3, 0.4) is 0 Å². The number of halogens is 1. The summed E-state index contributed by atoms with van der Waals surface area (Å²) in [4.78, 5) is 12.3. The lowest BCUT2D eigenvalue weighted by Crippen LogP contribution is -2.12. The van der Waals surface area contributed by atoms with Crippen molar-refractivity contribution in [3.63, 3.8) is 0 Å². The van der Waals surface area contributed by atoms with E-state index in [2.05, 4.69) is 5.32 Å². The van der Waals surface area contributed by atoms with E-state index < -0.39 is 0 Å². The van der Waals surface area contributed by atoms with Crippen molar-refractivity contribution < 1.29 is 13.9 Å². The van der Waals surface area contributed by atoms with Gasteiger partial charge in [-0.2, -0.15) is 0 Å². The van der Waals surface area contributed by atoms with Gasteiger partial charge < -0.3 is 10.1 Å². The molecule has 0 aliphatic carbocycles. The molecule has 120 valence electrons. The molecule has 3 aromatic rings. The van der Waals surface area contributed by atoms with Crippen LogP contribution in [-0.2, 0) is 0 Å². The predicted molar refractivity (Wildman–Crippen MR) is 92.0 cm³/mol. The Labute approximate surface area is 139 Å². The molecule has 3 nitrogen and oxygen atoms in total. The third-order valence-electron chi connectivity index (χ3n) is 3.50. The van der Waals surface area contributed by atoms with Crippen LogP contribution in [-0.4, -0.2) is 5.91 Å². The van der Waals surface area contributed by atoms with Crippen LogP contribution in [0.15, 0.2) is 72.8 Å². The average molecular weight is 321 g/mol. The average Bonchev–Trinajstić information content (AvgIpc) is 2.59. The first-order valence-corrected chi connectivity index (χ1v) is 7.52. The van der Waals surface area contributed by atoms with Crippen LogP contribution in [0.1, 0.15) is 15.9 Å². The number of carbonyl (C=O) groups is 1. The SMILES string of the molecule is Cc1ccc(NC(=O)c2cccc(Oc3ccccc3)c2)cc1F. The van der Waals surface area contributed by atoms with Crippen molar-refractivity contribution in [3.8, 4) is 11.5 Å². The summed E-state index contributed by atoms with van der Waals surface area (Å²) in [5, 5.41) is 2.68. The fourth-order valence-electron chi connectivity index (χ4n) is 2.20. The van der Waals surface area contributed by atoms with Gasteiger partial charge in [-0.05, 0) is 55.0 Å². The Bertz CT molecular complexity index is 863. The molecule has 0 spiro atoms. The molecule has 4 heteroatoms. The van der Waals surface area contributed by atoms with Crippen LogP contribution in [0.4, 0.5) is 10.1 Å². The highest BCUT2D eigenvalue weighted by Gasteiger charge is 2.09. The Balaban J connectivity index is 1.75. The van der Waals surface area contributed by atoms with Crippen molar-refractivity contribution in [3.05, 3.63) is 89.7 Å². The molecule has 0 radical (unpaired) electrons. The summed E-state index contributed by atoms with van der Waals surface area (Å²) in [7, 11) is 0. The van der Waals surface area contributed by atoms with E-state index >= 15 is 0 Å². The third-order valence-corrected chi connectivity index (χ3v) is 3.50. The fraction of sp³-hybridized carbons (Fsp3) is 0.0500. The van der Waals surface area contributed by atoms with Crippen LogP contribution in [0, 0.1) is 12.7 Å². The monoisotopic (exact) mass is 321 g/mol. The largest absolute Gasteiger partial charge is 0.457 e. The third kappa shape index (κ3) is 3.79. The van der Waals surface area contributed by atoms with E-state index in [0.717, 1.165) is 0 Å². The highest BCUT2D eigenvalue weighted by Crippen LogP contribution is 2.22. The van der Waals surface area contributed by atoms with Gasteiger partial charge in [-0.1, -0.05) is 30.3 Å². The van der Waals surface area contributed by atoms with Crippen molar-refractivity contribution >= 4 is 11.6 Å². The second-order valence-electron chi connectivity index (χ2n) is 5.36. The molecule has 0 unspecified atom stereocenters. The summed E-state index contributed by atoms with van der Waals surface area (Å²) in [5.41, 5.74) is 1.38. The summed E-state index contributed by atoms with van der Waals surface area (Å²) in [6.07, 6.45) is 0. The molecule has 0 heterocycles. The van der Waals surface area contributed by atoms with E-state index in [1.807, 2.05) is 30.3 Å². The molecule has 1 amide bonds. The zero-order chi connectivity index (χ0) is 16.9. The molecule has 0 aromatic heterocycles. The van der Waals surface area contributed by atoms with Gasteiger partial charge in [0.05, 0.1) is 0 Å². The van der Waals surface area contributed by atoms with Gasteiger partial charge in [-0.25, -0.2) is 4.39 Å². The van der Waals surface area contributed by atoms with E-state index in [9.17, 15) is 9.18 Å². The van der Waals surface area contributed by atoms with Gasteiger partial charge in [0.2, 0.25) is 0 Å². The zero-order valence-corrected chi connectivity index (χ0v) is 13.1. The normalized spacial score (nSPS) is 10.2. The first-order valence-electron chi connectivity index (χ1n) is 7.52. The molecule has 3 aromatic carbocycles. The molecule has 0 saturated carbocycles. The van der Waals surface area contributed by atoms with Crippen molar-refractivity contribution in [1.82, 2.24) is 0 Å². The number of nitrogens with one attached hydrogen (secondary N) is 1. The summed E-state index contributed by atoms with van der Waals surface area (Å²) in [6, 6.07) is 20.7. The Morgan fingerprint density at radius 2 is 1.67 bits per heavy atom. The molecule has 24 heavy (non-hydrogen) atoms. The second-order valence-corrected chi connectivity index (χ2v) is 5.36. The zero-order valence-electron chi connectivity index (χ0n) is 13.1. The van der Waals surface area contributed by atoms with E-state index in [4.69, 9.17) is 4.74 Å². The first-order chi connectivity index (χ1) is 11.6. The maximum atomic E-state index is 13.6. The first kappa shape index (κ1) is 15.7. The van der Waals surface area contributed by atoms with Crippen molar-refractivity contribution in [1.29, 1.82) is 0 Å². The highest BCUT2D eigenvalue weighted by molar-refractivity contribution is 6.04. The van der Waals surface area contributed by atoms with Crippen molar-refractivity contribution in [2.24, 2.45) is 0 Å². The van der Waals surface area contributed by atoms with Gasteiger partial charge in [-0.15, -0.1) is 0 Å². The molecule has 0 atom stereocenters. The molecule has 0 aliphatic rings. The van der Waals surface area contributed by atoms with E-state index in [1.165, 1.54) is 6.07 Å². The number of anilines is 1. The number of para-hydroxylation sites is 1. The standard InChI is InChI=1S/C20H16FNO2/c1-14-10-11-16(13-19(14)21)22-20(23)15-6-5-9-18(12-15)24-17-7-3-2-4-8-17/h2-13H,1H3,(H,22,23). The molecule has 0 aliphatic heterocycles. The summed E-state index contributed by atoms with van der Waals surface area (Å²) < 4.78 is 19.3. The van der Waals surface area contributed by atoms with Crippen molar-refractivity contribution in [2.75, 3.05) is 5.32 Å². The van der Waals surface area contributed by atoms with Crippen LogP contribution in [0.5, 0.6) is 11.5 Å². The number of rotatable bonds is 4. The van der Waals surface area contributed by atoms with Gasteiger partial charge in [0.25, 0.3) is 5.91 Å². The predicted octanol–water partition coefficient (Wildman–Crippen LogP) is 5.18. The lowest BCUT2D eigenvalue weighted by Gasteiger charge is -2.09. The molecule has 0 fully saturated rings. The topological polar surface area (TPSA) is 38.3 Å². The van der Waals surface area contributed by atoms with Crippen LogP contribution < -0.4 is 10.1 Å². The maximum Gasteiger partial charge on any atom is 0.255 e. The highest BCUT2D eigenvalue weighted by atomic mass is 19.1. The van der Waals surface area contributed by atoms with Crippen molar-refractivity contribution in [2.45, 2.75) is 6.92 Å². The number of hydrogen-bond acceptors (Lipinski definition) is 2. The smallest absolute Gasteiger partial charge is 0.255 e. The van der Waals surface area contributed by atoms with Gasteiger partial charge >= 0.3 is 0 Å². The molecule has 3 rings (SSSR count). The number of aryl methyl sites for hydroxylation is 1. The van der Waals surface area contributed by atoms with Crippen LogP contribution in [0.25, 0.3) is 0 Å². The van der Waals surface area contributed by atoms with Gasteiger partial charge in [0.1, 0.15) is 17.3 Å². The van der Waals surface area contributed by atoms with E-state index in [0.29, 0.717) is 28.3 Å². The Kier molecular flexibility index (Phi) is 4.57. The molecule has 1 N–H and O–H groups in total. The summed E-state index contributed by atoms with van der Waals surface area (Å²) in [5.74, 6) is 0.574. The minimum absolute atomic E-state index is 0.322. The van der Waals surface area contributed by atoms with Gasteiger partial charge in [0, 0.05) is 11.3 Å². The Hall–Kier alpha value is -3.14. The summed E-state index contributed by atoms with van der Waals surface area (Å²) in [6.45, 7) is 1.67. The van der Waals surface area contributed by atoms with E-state index in [-0.39, 0.29) is 11.7 Å². The number of carbonyl (C=O) groups excluding carboxylic acids is 1. The number of amides is 1. The second kappa shape index (κ2) is 6.96. The van der Waals surface area contributed by atoms with Crippen LogP contribution >= 0.6 is 0 Å². The Morgan fingerprint density at radius 1 is 0.917 bits per heavy atom. The lowest BCUT2D eigenvalue weighted by molar-refractivity contribution is 0.102. The van der Waals surface area contributed by atoms with E-state index in [1.54, 1.807) is 43.3 Å². The number of benzene rings is 3. The summed E-state index contributed by atoms with van der Waals surface area (Å²) >= 11 is 0. The lowest BCUT2D eigenvalue weighted by atomic mass is 10.1. The quantitative estimate of drug-likeness (QED) is 0.719. The van der Waals surface area contributed by atoms with Crippen LogP contribution in [0.2, 0.25) is 0 Å². The number of hydrogen-bond donors (Lipinski definition) is 1. The maximum absolute atomic E-state index is 13.6. The van der Waals surface area contributed by atoms with Gasteiger partial charge in [0.15, 0.2) is 0 Å². The fourth-order valence-corrected chi connectivity index (χ4v) is 2.20. The minimum atomic E-state index is -0.353. The molecule has 0 saturated heterocycles. The minimum Gasteiger partial charge on any atom is -0.457 e. The van der Waals surface area contributed by atoms with Gasteiger partial charge in [-0.3, -0.25) is 4.79 Å².